The first-order valence-electron chi connectivity index (χ1n) is 9.99. The van der Waals surface area contributed by atoms with Crippen LogP contribution in [0.25, 0.3) is 0 Å². The van der Waals surface area contributed by atoms with Crippen molar-refractivity contribution in [3.8, 4) is 0 Å². The standard InChI is InChI=1S/C23H24N2O5/c26-22(25(21-16-28-17-30-21)14-18-8-3-1-4-9-18)20-12-7-13-24(20)23(27)29-15-19-10-5-2-6-11-19/h1-6,8-11,16,20H,7,12-15,17H2. The van der Waals surface area contributed by atoms with Gasteiger partial charge < -0.3 is 14.2 Å². The van der Waals surface area contributed by atoms with Crippen LogP contribution in [-0.4, -0.2) is 41.2 Å². The number of likely N-dealkylation sites (tertiary alicyclic amines) is 1. The summed E-state index contributed by atoms with van der Waals surface area (Å²) in [6.07, 6.45) is 2.28. The summed E-state index contributed by atoms with van der Waals surface area (Å²) in [5.74, 6) is 0.151. The van der Waals surface area contributed by atoms with Gasteiger partial charge in [0.05, 0.1) is 6.54 Å². The summed E-state index contributed by atoms with van der Waals surface area (Å²) in [6.45, 7) is 1.06. The Balaban J connectivity index is 1.46. The fourth-order valence-corrected chi connectivity index (χ4v) is 3.63. The maximum Gasteiger partial charge on any atom is 0.410 e. The van der Waals surface area contributed by atoms with Crippen LogP contribution in [0.4, 0.5) is 4.79 Å². The molecule has 7 heteroatoms. The van der Waals surface area contributed by atoms with Crippen molar-refractivity contribution in [1.82, 2.24) is 9.80 Å². The topological polar surface area (TPSA) is 68.3 Å². The van der Waals surface area contributed by atoms with Crippen molar-refractivity contribution in [2.24, 2.45) is 0 Å². The van der Waals surface area contributed by atoms with E-state index < -0.39 is 12.1 Å². The third kappa shape index (κ3) is 4.56. The van der Waals surface area contributed by atoms with Crippen molar-refractivity contribution >= 4 is 12.0 Å². The van der Waals surface area contributed by atoms with Crippen LogP contribution in [0, 0.1) is 0 Å². The molecule has 1 unspecified atom stereocenters. The predicted octanol–water partition coefficient (Wildman–Crippen LogP) is 3.62. The summed E-state index contributed by atoms with van der Waals surface area (Å²) in [5.41, 5.74) is 1.86. The largest absolute Gasteiger partial charge is 0.459 e. The molecule has 0 bridgehead atoms. The monoisotopic (exact) mass is 408 g/mol. The lowest BCUT2D eigenvalue weighted by atomic mass is 10.1. The Morgan fingerprint density at radius 2 is 1.73 bits per heavy atom. The number of amides is 2. The smallest absolute Gasteiger partial charge is 0.410 e. The predicted molar refractivity (Wildman–Crippen MR) is 108 cm³/mol. The van der Waals surface area contributed by atoms with E-state index in [0.29, 0.717) is 25.4 Å². The minimum atomic E-state index is -0.595. The normalized spacial score (nSPS) is 17.7. The lowest BCUT2D eigenvalue weighted by molar-refractivity contribution is -0.137. The summed E-state index contributed by atoms with van der Waals surface area (Å²) in [5, 5.41) is 0. The van der Waals surface area contributed by atoms with Gasteiger partial charge in [-0.2, -0.15) is 0 Å². The molecule has 0 spiro atoms. The SMILES string of the molecule is O=C(C1CCCN1C(=O)OCc1ccccc1)N(Cc1ccccc1)C1=COCO1. The summed E-state index contributed by atoms with van der Waals surface area (Å²) in [7, 11) is 0. The molecule has 0 aromatic heterocycles. The Hall–Kier alpha value is -3.48. The average molecular weight is 408 g/mol. The molecule has 0 radical (unpaired) electrons. The molecule has 2 aliphatic rings. The van der Waals surface area contributed by atoms with Gasteiger partial charge in [0.1, 0.15) is 18.9 Å². The van der Waals surface area contributed by atoms with E-state index in [4.69, 9.17) is 14.2 Å². The molecule has 2 heterocycles. The first kappa shape index (κ1) is 19.8. The second-order valence-corrected chi connectivity index (χ2v) is 7.19. The molecule has 7 nitrogen and oxygen atoms in total. The summed E-state index contributed by atoms with van der Waals surface area (Å²) < 4.78 is 16.1. The van der Waals surface area contributed by atoms with Crippen molar-refractivity contribution in [3.63, 3.8) is 0 Å². The van der Waals surface area contributed by atoms with Crippen LogP contribution >= 0.6 is 0 Å². The van der Waals surface area contributed by atoms with Crippen LogP contribution in [0.15, 0.2) is 72.8 Å². The molecule has 30 heavy (non-hydrogen) atoms. The Morgan fingerprint density at radius 1 is 1.03 bits per heavy atom. The molecule has 156 valence electrons. The van der Waals surface area contributed by atoms with Crippen molar-refractivity contribution in [1.29, 1.82) is 0 Å². The first-order chi connectivity index (χ1) is 14.7. The number of hydrogen-bond acceptors (Lipinski definition) is 5. The van der Waals surface area contributed by atoms with Crippen molar-refractivity contribution in [2.75, 3.05) is 13.3 Å². The number of benzene rings is 2. The van der Waals surface area contributed by atoms with Gasteiger partial charge in [0, 0.05) is 6.54 Å². The number of rotatable bonds is 6. The van der Waals surface area contributed by atoms with Gasteiger partial charge >= 0.3 is 6.09 Å². The van der Waals surface area contributed by atoms with E-state index in [9.17, 15) is 9.59 Å². The molecule has 1 fully saturated rings. The van der Waals surface area contributed by atoms with E-state index in [1.165, 1.54) is 16.1 Å². The zero-order valence-corrected chi connectivity index (χ0v) is 16.6. The number of hydrogen-bond donors (Lipinski definition) is 0. The molecule has 1 atom stereocenters. The van der Waals surface area contributed by atoms with Crippen LogP contribution in [0.3, 0.4) is 0 Å². The quantitative estimate of drug-likeness (QED) is 0.730. The highest BCUT2D eigenvalue weighted by molar-refractivity contribution is 5.87. The van der Waals surface area contributed by atoms with E-state index >= 15 is 0 Å². The van der Waals surface area contributed by atoms with Crippen LogP contribution in [-0.2, 0) is 32.2 Å². The van der Waals surface area contributed by atoms with Crippen LogP contribution in [0.1, 0.15) is 24.0 Å². The highest BCUT2D eigenvalue weighted by atomic mass is 16.7. The molecule has 2 aliphatic heterocycles. The minimum Gasteiger partial charge on any atom is -0.459 e. The molecule has 2 amide bonds. The fraction of sp³-hybridized carbons (Fsp3) is 0.304. The van der Waals surface area contributed by atoms with Gasteiger partial charge in [0.2, 0.25) is 12.7 Å². The van der Waals surface area contributed by atoms with Gasteiger partial charge in [-0.15, -0.1) is 0 Å². The fourth-order valence-electron chi connectivity index (χ4n) is 3.63. The maximum atomic E-state index is 13.4. The second kappa shape index (κ2) is 9.35. The van der Waals surface area contributed by atoms with Crippen molar-refractivity contribution in [2.45, 2.75) is 32.0 Å². The minimum absolute atomic E-state index is 0.0708. The van der Waals surface area contributed by atoms with Crippen molar-refractivity contribution < 1.29 is 23.8 Å². The maximum absolute atomic E-state index is 13.4. The third-order valence-electron chi connectivity index (χ3n) is 5.15. The van der Waals surface area contributed by atoms with Gasteiger partial charge in [-0.25, -0.2) is 4.79 Å². The van der Waals surface area contributed by atoms with E-state index in [0.717, 1.165) is 17.5 Å². The average Bonchev–Trinajstić information content (AvgIpc) is 3.49. The number of ether oxygens (including phenoxy) is 3. The Morgan fingerprint density at radius 3 is 2.40 bits per heavy atom. The second-order valence-electron chi connectivity index (χ2n) is 7.19. The zero-order valence-electron chi connectivity index (χ0n) is 16.6. The lowest BCUT2D eigenvalue weighted by Gasteiger charge is -2.29. The molecule has 0 saturated carbocycles. The van der Waals surface area contributed by atoms with E-state index in [2.05, 4.69) is 0 Å². The Labute approximate surface area is 175 Å². The number of carbonyl (C=O) groups is 2. The van der Waals surface area contributed by atoms with Gasteiger partial charge in [-0.3, -0.25) is 14.6 Å². The van der Waals surface area contributed by atoms with Crippen LogP contribution in [0.2, 0.25) is 0 Å². The lowest BCUT2D eigenvalue weighted by Crippen LogP contribution is -2.47. The van der Waals surface area contributed by atoms with Crippen LogP contribution < -0.4 is 0 Å². The Bertz CT molecular complexity index is 900. The molecule has 4 rings (SSSR count). The molecule has 0 aliphatic carbocycles. The number of nitrogens with zero attached hydrogens (tertiary/aromatic N) is 2. The van der Waals surface area contributed by atoms with Crippen LogP contribution in [0.5, 0.6) is 0 Å². The number of carbonyl (C=O) groups excluding carboxylic acids is 2. The third-order valence-corrected chi connectivity index (χ3v) is 5.15. The molecule has 0 N–H and O–H groups in total. The summed E-state index contributed by atoms with van der Waals surface area (Å²) in [4.78, 5) is 29.2. The van der Waals surface area contributed by atoms with Crippen molar-refractivity contribution in [3.05, 3.63) is 83.9 Å². The van der Waals surface area contributed by atoms with Gasteiger partial charge in [0.15, 0.2) is 0 Å². The summed E-state index contributed by atoms with van der Waals surface area (Å²) in [6, 6.07) is 18.5. The van der Waals surface area contributed by atoms with E-state index in [1.807, 2.05) is 60.7 Å². The van der Waals surface area contributed by atoms with Gasteiger partial charge in [-0.05, 0) is 24.0 Å². The molecule has 1 saturated heterocycles. The highest BCUT2D eigenvalue weighted by Gasteiger charge is 2.39. The Kier molecular flexibility index (Phi) is 6.17. The molecular formula is C23H24N2O5. The molecule has 2 aromatic rings. The molecular weight excluding hydrogens is 384 g/mol. The molecule has 2 aromatic carbocycles. The van der Waals surface area contributed by atoms with E-state index in [-0.39, 0.29) is 19.3 Å². The van der Waals surface area contributed by atoms with Gasteiger partial charge in [-0.1, -0.05) is 60.7 Å². The van der Waals surface area contributed by atoms with E-state index in [1.54, 1.807) is 0 Å². The zero-order chi connectivity index (χ0) is 20.8. The summed E-state index contributed by atoms with van der Waals surface area (Å²) >= 11 is 0. The van der Waals surface area contributed by atoms with Gasteiger partial charge in [0.25, 0.3) is 5.91 Å². The highest BCUT2D eigenvalue weighted by Crippen LogP contribution is 2.25. The first-order valence-corrected chi connectivity index (χ1v) is 9.99.